The van der Waals surface area contributed by atoms with Crippen LogP contribution in [0.1, 0.15) is 31.7 Å². The molecule has 1 aliphatic carbocycles. The van der Waals surface area contributed by atoms with Crippen LogP contribution in [0.4, 0.5) is 0 Å². The molecule has 1 heteroatoms. The van der Waals surface area contributed by atoms with Crippen LogP contribution in [-0.2, 0) is 10.2 Å². The topological polar surface area (TPSA) is 17.1 Å². The monoisotopic (exact) mass is 200 g/mol. The average Bonchev–Trinajstić information content (AvgIpc) is 2.32. The summed E-state index contributed by atoms with van der Waals surface area (Å²) >= 11 is 0. The zero-order chi connectivity index (χ0) is 10.7. The summed E-state index contributed by atoms with van der Waals surface area (Å²) in [5, 5.41) is 0. The van der Waals surface area contributed by atoms with Crippen LogP contribution in [0, 0.1) is 0 Å². The van der Waals surface area contributed by atoms with Gasteiger partial charge in [0.2, 0.25) is 0 Å². The third-order valence-corrected chi connectivity index (χ3v) is 3.39. The van der Waals surface area contributed by atoms with Crippen molar-refractivity contribution in [2.45, 2.75) is 31.6 Å². The minimum atomic E-state index is 0.0924. The van der Waals surface area contributed by atoms with Gasteiger partial charge in [0.05, 0.1) is 0 Å². The highest BCUT2D eigenvalue weighted by Crippen LogP contribution is 2.36. The van der Waals surface area contributed by atoms with Gasteiger partial charge < -0.3 is 0 Å². The number of hydrogen-bond acceptors (Lipinski definition) is 1. The van der Waals surface area contributed by atoms with Crippen molar-refractivity contribution in [2.24, 2.45) is 0 Å². The van der Waals surface area contributed by atoms with Crippen molar-refractivity contribution >= 4 is 5.78 Å². The number of hydrogen-bond donors (Lipinski definition) is 0. The second-order valence-electron chi connectivity index (χ2n) is 4.18. The summed E-state index contributed by atoms with van der Waals surface area (Å²) in [6.07, 6.45) is 6.52. The van der Waals surface area contributed by atoms with E-state index in [2.05, 4.69) is 37.3 Å². The minimum Gasteiger partial charge on any atom is -0.295 e. The van der Waals surface area contributed by atoms with E-state index in [-0.39, 0.29) is 11.2 Å². The van der Waals surface area contributed by atoms with Gasteiger partial charge in [-0.2, -0.15) is 0 Å². The van der Waals surface area contributed by atoms with Gasteiger partial charge in [0.25, 0.3) is 0 Å². The van der Waals surface area contributed by atoms with E-state index in [9.17, 15) is 4.79 Å². The largest absolute Gasteiger partial charge is 0.295 e. The van der Waals surface area contributed by atoms with Gasteiger partial charge in [-0.25, -0.2) is 0 Å². The average molecular weight is 200 g/mol. The van der Waals surface area contributed by atoms with E-state index >= 15 is 0 Å². The predicted molar refractivity (Wildman–Crippen MR) is 61.8 cm³/mol. The van der Waals surface area contributed by atoms with Crippen LogP contribution in [0.25, 0.3) is 0 Å². The maximum atomic E-state index is 11.2. The van der Waals surface area contributed by atoms with E-state index in [1.807, 2.05) is 6.07 Å². The van der Waals surface area contributed by atoms with Crippen molar-refractivity contribution in [1.82, 2.24) is 0 Å². The van der Waals surface area contributed by atoms with Crippen LogP contribution in [0.3, 0.4) is 0 Å². The van der Waals surface area contributed by atoms with Crippen LogP contribution in [0.15, 0.2) is 42.5 Å². The SMILES string of the molecule is CC[C@]1(c2ccccc2)C=CC(=O)CC1. The first kappa shape index (κ1) is 10.2. The Morgan fingerprint density at radius 3 is 2.53 bits per heavy atom. The molecule has 0 aromatic heterocycles. The van der Waals surface area contributed by atoms with Gasteiger partial charge >= 0.3 is 0 Å². The number of ketones is 1. The number of benzene rings is 1. The molecule has 0 aliphatic heterocycles. The summed E-state index contributed by atoms with van der Waals surface area (Å²) in [5.74, 6) is 0.259. The van der Waals surface area contributed by atoms with Crippen LogP contribution in [0.5, 0.6) is 0 Å². The second kappa shape index (κ2) is 4.01. The highest BCUT2D eigenvalue weighted by molar-refractivity contribution is 5.91. The highest BCUT2D eigenvalue weighted by atomic mass is 16.1. The summed E-state index contributed by atoms with van der Waals surface area (Å²) in [4.78, 5) is 11.2. The molecule has 0 fully saturated rings. The van der Waals surface area contributed by atoms with Crippen LogP contribution >= 0.6 is 0 Å². The maximum absolute atomic E-state index is 11.2. The fourth-order valence-corrected chi connectivity index (χ4v) is 2.27. The fourth-order valence-electron chi connectivity index (χ4n) is 2.27. The van der Waals surface area contributed by atoms with E-state index in [0.29, 0.717) is 6.42 Å². The Hall–Kier alpha value is -1.37. The first-order valence-corrected chi connectivity index (χ1v) is 5.54. The molecule has 0 amide bonds. The summed E-state index contributed by atoms with van der Waals surface area (Å²) in [6.45, 7) is 2.19. The third-order valence-electron chi connectivity index (χ3n) is 3.39. The molecule has 0 heterocycles. The zero-order valence-corrected chi connectivity index (χ0v) is 9.07. The maximum Gasteiger partial charge on any atom is 0.155 e. The standard InChI is InChI=1S/C14H16O/c1-2-14(10-8-13(15)9-11-14)12-6-4-3-5-7-12/h3-8,10H,2,9,11H2,1H3/t14-/m0/s1. The van der Waals surface area contributed by atoms with Crippen LogP contribution < -0.4 is 0 Å². The molecule has 0 bridgehead atoms. The Morgan fingerprint density at radius 2 is 2.00 bits per heavy atom. The summed E-state index contributed by atoms with van der Waals surface area (Å²) in [7, 11) is 0. The molecule has 2 rings (SSSR count). The molecule has 0 saturated carbocycles. The second-order valence-corrected chi connectivity index (χ2v) is 4.18. The Morgan fingerprint density at radius 1 is 1.27 bits per heavy atom. The summed E-state index contributed by atoms with van der Waals surface area (Å²) in [5.41, 5.74) is 1.42. The quantitative estimate of drug-likeness (QED) is 0.716. The van der Waals surface area contributed by atoms with Gasteiger partial charge in [-0.1, -0.05) is 43.3 Å². The zero-order valence-electron chi connectivity index (χ0n) is 9.07. The number of rotatable bonds is 2. The third kappa shape index (κ3) is 1.87. The lowest BCUT2D eigenvalue weighted by Crippen LogP contribution is -2.26. The fraction of sp³-hybridized carbons (Fsp3) is 0.357. The highest BCUT2D eigenvalue weighted by Gasteiger charge is 2.30. The number of carbonyl (C=O) groups is 1. The lowest BCUT2D eigenvalue weighted by Gasteiger charge is -2.32. The Kier molecular flexibility index (Phi) is 2.72. The normalized spacial score (nSPS) is 25.5. The van der Waals surface area contributed by atoms with E-state index in [1.54, 1.807) is 6.08 Å². The van der Waals surface area contributed by atoms with Gasteiger partial charge in [-0.3, -0.25) is 4.79 Å². The molecule has 0 radical (unpaired) electrons. The lowest BCUT2D eigenvalue weighted by molar-refractivity contribution is -0.115. The molecular weight excluding hydrogens is 184 g/mol. The summed E-state index contributed by atoms with van der Waals surface area (Å²) in [6, 6.07) is 10.5. The van der Waals surface area contributed by atoms with Crippen LogP contribution in [-0.4, -0.2) is 5.78 Å². The van der Waals surface area contributed by atoms with Gasteiger partial charge in [-0.15, -0.1) is 0 Å². The Bertz CT molecular complexity index is 378. The first-order chi connectivity index (χ1) is 7.27. The molecule has 15 heavy (non-hydrogen) atoms. The van der Waals surface area contributed by atoms with E-state index in [4.69, 9.17) is 0 Å². The van der Waals surface area contributed by atoms with Crippen molar-refractivity contribution in [3.63, 3.8) is 0 Å². The van der Waals surface area contributed by atoms with E-state index in [0.717, 1.165) is 12.8 Å². The summed E-state index contributed by atoms with van der Waals surface area (Å²) < 4.78 is 0. The van der Waals surface area contributed by atoms with Crippen molar-refractivity contribution in [2.75, 3.05) is 0 Å². The molecule has 1 atom stereocenters. The number of carbonyl (C=O) groups excluding carboxylic acids is 1. The molecule has 1 nitrogen and oxygen atoms in total. The molecule has 1 aromatic carbocycles. The molecule has 0 N–H and O–H groups in total. The molecular formula is C14H16O. The lowest BCUT2D eigenvalue weighted by atomic mass is 9.71. The minimum absolute atomic E-state index is 0.0924. The van der Waals surface area contributed by atoms with Crippen molar-refractivity contribution in [3.05, 3.63) is 48.0 Å². The number of allylic oxidation sites excluding steroid dienone is 2. The van der Waals surface area contributed by atoms with E-state index < -0.39 is 0 Å². The van der Waals surface area contributed by atoms with Crippen molar-refractivity contribution in [1.29, 1.82) is 0 Å². The first-order valence-electron chi connectivity index (χ1n) is 5.54. The molecule has 1 aliphatic rings. The van der Waals surface area contributed by atoms with Gasteiger partial charge in [0.1, 0.15) is 0 Å². The molecule has 1 aromatic rings. The van der Waals surface area contributed by atoms with Gasteiger partial charge in [0, 0.05) is 11.8 Å². The molecule has 0 saturated heterocycles. The molecule has 78 valence electrons. The van der Waals surface area contributed by atoms with Crippen LogP contribution in [0.2, 0.25) is 0 Å². The van der Waals surface area contributed by atoms with Crippen molar-refractivity contribution in [3.8, 4) is 0 Å². The Balaban J connectivity index is 2.39. The van der Waals surface area contributed by atoms with Gasteiger partial charge in [-0.05, 0) is 24.5 Å². The Labute approximate surface area is 90.8 Å². The molecule has 0 spiro atoms. The van der Waals surface area contributed by atoms with E-state index in [1.165, 1.54) is 5.56 Å². The predicted octanol–water partition coefficient (Wildman–Crippen LogP) is 3.25. The van der Waals surface area contributed by atoms with Gasteiger partial charge in [0.15, 0.2) is 5.78 Å². The smallest absolute Gasteiger partial charge is 0.155 e. The van der Waals surface area contributed by atoms with Crippen molar-refractivity contribution < 1.29 is 4.79 Å². The molecule has 0 unspecified atom stereocenters.